The van der Waals surface area contributed by atoms with Crippen LogP contribution in [0.3, 0.4) is 0 Å². The van der Waals surface area contributed by atoms with Crippen molar-refractivity contribution >= 4 is 19.0 Å². The summed E-state index contributed by atoms with van der Waals surface area (Å²) < 4.78 is 1.44. The second kappa shape index (κ2) is 2.57. The normalized spacial score (nSPS) is 16.9. The van der Waals surface area contributed by atoms with E-state index in [0.717, 1.165) is 0 Å². The lowest BCUT2D eigenvalue weighted by atomic mass is 10.5. The molecule has 0 N–H and O–H groups in total. The van der Waals surface area contributed by atoms with Gasteiger partial charge in [-0.05, 0) is 25.0 Å². The third-order valence-corrected chi connectivity index (χ3v) is 0.949. The van der Waals surface area contributed by atoms with Crippen LogP contribution in [0.1, 0.15) is 0 Å². The Morgan fingerprint density at radius 2 is 2.12 bits per heavy atom. The zero-order valence-corrected chi connectivity index (χ0v) is 5.12. The van der Waals surface area contributed by atoms with Gasteiger partial charge < -0.3 is 0 Å². The van der Waals surface area contributed by atoms with Crippen LogP contribution < -0.4 is 0 Å². The first kappa shape index (κ1) is 5.44. The average molecular weight is 126 g/mol. The highest BCUT2D eigenvalue weighted by Gasteiger charge is 1.82. The molecule has 0 amide bonds. The Kier molecular flexibility index (Phi) is 1.75. The fourth-order valence-electron chi connectivity index (χ4n) is 0.386. The monoisotopic (exact) mass is 126 g/mol. The predicted molar refractivity (Wildman–Crippen MR) is 37.6 cm³/mol. The summed E-state index contributed by atoms with van der Waals surface area (Å²) in [5, 5.41) is 3.82. The van der Waals surface area contributed by atoms with Gasteiger partial charge in [0.05, 0.1) is 0 Å². The van der Waals surface area contributed by atoms with Crippen molar-refractivity contribution < 1.29 is 0 Å². The van der Waals surface area contributed by atoms with Crippen molar-refractivity contribution in [1.29, 1.82) is 0 Å². The molecule has 0 saturated heterocycles. The van der Waals surface area contributed by atoms with E-state index in [1.54, 1.807) is 12.4 Å². The van der Waals surface area contributed by atoms with E-state index in [2.05, 4.69) is 17.9 Å². The first-order valence-electron chi connectivity index (χ1n) is 2.25. The van der Waals surface area contributed by atoms with Gasteiger partial charge >= 0.3 is 0 Å². The second-order valence-electron chi connectivity index (χ2n) is 1.31. The van der Waals surface area contributed by atoms with E-state index in [-0.39, 0.29) is 0 Å². The van der Waals surface area contributed by atoms with Crippen molar-refractivity contribution in [2.24, 2.45) is 5.10 Å². The van der Waals surface area contributed by atoms with Gasteiger partial charge in [-0.3, -0.25) is 0 Å². The van der Waals surface area contributed by atoms with Crippen LogP contribution in [-0.4, -0.2) is 10.6 Å². The third kappa shape index (κ3) is 1.42. The van der Waals surface area contributed by atoms with Crippen LogP contribution in [0.15, 0.2) is 29.5 Å². The van der Waals surface area contributed by atoms with E-state index in [9.17, 15) is 0 Å². The lowest BCUT2D eigenvalue weighted by Gasteiger charge is -1.98. The Morgan fingerprint density at radius 3 is 3.00 bits per heavy atom. The molecule has 1 aliphatic rings. The molecule has 1 aliphatic heterocycles. The Bertz CT molecular complexity index is 133. The van der Waals surface area contributed by atoms with E-state index in [1.165, 1.54) is 4.41 Å². The summed E-state index contributed by atoms with van der Waals surface area (Å²) in [6.07, 6.45) is 9.02. The number of hydrogen-bond acceptors (Lipinski definition) is 3. The molecule has 2 nitrogen and oxygen atoms in total. The molecule has 0 aromatic carbocycles. The maximum absolute atomic E-state index is 3.94. The van der Waals surface area contributed by atoms with E-state index in [1.807, 2.05) is 18.2 Å². The standard InChI is InChI=1S/C5H6N2S/c8-7-5-3-1-2-4-6-7/h1-5,8H. The van der Waals surface area contributed by atoms with Crippen molar-refractivity contribution in [3.05, 3.63) is 24.4 Å². The van der Waals surface area contributed by atoms with Crippen molar-refractivity contribution in [3.63, 3.8) is 0 Å². The van der Waals surface area contributed by atoms with E-state index >= 15 is 0 Å². The van der Waals surface area contributed by atoms with Crippen LogP contribution in [0, 0.1) is 0 Å². The van der Waals surface area contributed by atoms with Gasteiger partial charge in [-0.2, -0.15) is 5.10 Å². The Hall–Kier alpha value is -0.700. The molecule has 0 atom stereocenters. The molecule has 0 unspecified atom stereocenters. The molecule has 42 valence electrons. The van der Waals surface area contributed by atoms with Crippen molar-refractivity contribution in [2.45, 2.75) is 0 Å². The molecule has 0 bridgehead atoms. The molecule has 8 heavy (non-hydrogen) atoms. The van der Waals surface area contributed by atoms with E-state index < -0.39 is 0 Å². The molecular weight excluding hydrogens is 120 g/mol. The summed E-state index contributed by atoms with van der Waals surface area (Å²) in [5.41, 5.74) is 0. The summed E-state index contributed by atoms with van der Waals surface area (Å²) >= 11 is 3.94. The van der Waals surface area contributed by atoms with Gasteiger partial charge in [-0.1, -0.05) is 6.08 Å². The minimum atomic E-state index is 1.44. The molecule has 1 rings (SSSR count). The van der Waals surface area contributed by atoms with Gasteiger partial charge in [0.2, 0.25) is 0 Å². The fourth-order valence-corrected chi connectivity index (χ4v) is 0.522. The van der Waals surface area contributed by atoms with Crippen molar-refractivity contribution in [3.8, 4) is 0 Å². The number of rotatable bonds is 0. The number of hydrazone groups is 1. The molecule has 0 aromatic heterocycles. The summed E-state index contributed by atoms with van der Waals surface area (Å²) in [7, 11) is 0. The van der Waals surface area contributed by atoms with E-state index in [0.29, 0.717) is 0 Å². The number of thiol groups is 1. The van der Waals surface area contributed by atoms with Gasteiger partial charge in [0.1, 0.15) is 0 Å². The highest BCUT2D eigenvalue weighted by molar-refractivity contribution is 7.77. The SMILES string of the molecule is SN1C=CC=CC=N1. The zero-order chi connectivity index (χ0) is 5.82. The van der Waals surface area contributed by atoms with Gasteiger partial charge in [0.25, 0.3) is 0 Å². The van der Waals surface area contributed by atoms with Crippen LogP contribution in [0.4, 0.5) is 0 Å². The first-order valence-corrected chi connectivity index (χ1v) is 2.65. The summed E-state index contributed by atoms with van der Waals surface area (Å²) in [4.78, 5) is 0. The summed E-state index contributed by atoms with van der Waals surface area (Å²) in [5.74, 6) is 0. The number of allylic oxidation sites excluding steroid dienone is 3. The maximum Gasteiger partial charge on any atom is 0.0484 e. The lowest BCUT2D eigenvalue weighted by Crippen LogP contribution is -1.89. The van der Waals surface area contributed by atoms with Crippen LogP contribution in [0.25, 0.3) is 0 Å². The van der Waals surface area contributed by atoms with Crippen LogP contribution in [-0.2, 0) is 0 Å². The fraction of sp³-hybridized carbons (Fsp3) is 0. The molecule has 0 aromatic rings. The molecule has 0 fully saturated rings. The molecule has 0 radical (unpaired) electrons. The first-order chi connectivity index (χ1) is 3.89. The molecule has 0 aliphatic carbocycles. The molecular formula is C5H6N2S. The quantitative estimate of drug-likeness (QED) is 0.482. The molecule has 1 heterocycles. The van der Waals surface area contributed by atoms with Crippen LogP contribution in [0.5, 0.6) is 0 Å². The molecule has 0 spiro atoms. The Balaban J connectivity index is 2.66. The highest BCUT2D eigenvalue weighted by Crippen LogP contribution is 1.96. The largest absolute Gasteiger partial charge is 0.217 e. The van der Waals surface area contributed by atoms with Crippen molar-refractivity contribution in [2.75, 3.05) is 0 Å². The van der Waals surface area contributed by atoms with Gasteiger partial charge in [0.15, 0.2) is 0 Å². The maximum atomic E-state index is 3.94. The molecule has 0 saturated carbocycles. The van der Waals surface area contributed by atoms with E-state index in [4.69, 9.17) is 0 Å². The second-order valence-corrected chi connectivity index (χ2v) is 1.72. The highest BCUT2D eigenvalue weighted by atomic mass is 32.1. The van der Waals surface area contributed by atoms with Crippen LogP contribution in [0.2, 0.25) is 0 Å². The zero-order valence-electron chi connectivity index (χ0n) is 4.23. The number of hydrogen-bond donors (Lipinski definition) is 1. The van der Waals surface area contributed by atoms with Gasteiger partial charge in [0, 0.05) is 12.4 Å². The Morgan fingerprint density at radius 1 is 1.25 bits per heavy atom. The number of nitrogens with zero attached hydrogens (tertiary/aromatic N) is 2. The Labute approximate surface area is 53.7 Å². The smallest absolute Gasteiger partial charge is 0.0484 e. The third-order valence-electron chi connectivity index (χ3n) is 0.713. The van der Waals surface area contributed by atoms with Gasteiger partial charge in [-0.15, -0.1) is 0 Å². The molecule has 3 heteroatoms. The average Bonchev–Trinajstić information content (AvgIpc) is 1.94. The van der Waals surface area contributed by atoms with Crippen molar-refractivity contribution in [1.82, 2.24) is 4.41 Å². The summed E-state index contributed by atoms with van der Waals surface area (Å²) in [6.45, 7) is 0. The predicted octanol–water partition coefficient (Wildman–Crippen LogP) is 1.20. The van der Waals surface area contributed by atoms with Gasteiger partial charge in [-0.25, -0.2) is 4.41 Å². The van der Waals surface area contributed by atoms with Crippen LogP contribution >= 0.6 is 12.8 Å². The summed E-state index contributed by atoms with van der Waals surface area (Å²) in [6, 6.07) is 0. The lowest BCUT2D eigenvalue weighted by molar-refractivity contribution is 0.693. The minimum absolute atomic E-state index is 1.44. The topological polar surface area (TPSA) is 15.6 Å². The minimum Gasteiger partial charge on any atom is -0.217 e.